The number of fused-ring (bicyclic) bond motifs is 1. The van der Waals surface area contributed by atoms with Crippen LogP contribution in [-0.4, -0.2) is 17.5 Å². The SMILES string of the molecule is CC1CCC2(C)C=CC(=O)C=C2C=C1CO. The summed E-state index contributed by atoms with van der Waals surface area (Å²) in [4.78, 5) is 11.4. The molecule has 2 nitrogen and oxygen atoms in total. The molecule has 0 bridgehead atoms. The summed E-state index contributed by atoms with van der Waals surface area (Å²) in [5.74, 6) is 0.451. The van der Waals surface area contributed by atoms with Crippen LogP contribution in [0, 0.1) is 11.3 Å². The molecule has 0 saturated carbocycles. The largest absolute Gasteiger partial charge is 0.392 e. The zero-order chi connectivity index (χ0) is 11.8. The Kier molecular flexibility index (Phi) is 2.85. The molecule has 0 saturated heterocycles. The van der Waals surface area contributed by atoms with Crippen LogP contribution in [0.5, 0.6) is 0 Å². The van der Waals surface area contributed by atoms with Gasteiger partial charge in [-0.25, -0.2) is 0 Å². The van der Waals surface area contributed by atoms with Gasteiger partial charge in [0.25, 0.3) is 0 Å². The van der Waals surface area contributed by atoms with Crippen LogP contribution in [0.2, 0.25) is 0 Å². The van der Waals surface area contributed by atoms with Crippen LogP contribution >= 0.6 is 0 Å². The van der Waals surface area contributed by atoms with Crippen molar-refractivity contribution >= 4 is 5.78 Å². The van der Waals surface area contributed by atoms with Gasteiger partial charge in [0, 0.05) is 5.41 Å². The molecule has 0 aromatic heterocycles. The van der Waals surface area contributed by atoms with E-state index in [4.69, 9.17) is 0 Å². The van der Waals surface area contributed by atoms with Gasteiger partial charge < -0.3 is 5.11 Å². The van der Waals surface area contributed by atoms with Crippen LogP contribution in [0.1, 0.15) is 26.7 Å². The lowest BCUT2D eigenvalue weighted by molar-refractivity contribution is -0.110. The molecule has 86 valence electrons. The van der Waals surface area contributed by atoms with Crippen LogP contribution < -0.4 is 0 Å². The zero-order valence-corrected chi connectivity index (χ0v) is 9.86. The third kappa shape index (κ3) is 1.90. The number of allylic oxidation sites excluding steroid dienone is 5. The van der Waals surface area contributed by atoms with Crippen molar-refractivity contribution in [3.05, 3.63) is 35.5 Å². The summed E-state index contributed by atoms with van der Waals surface area (Å²) in [7, 11) is 0. The highest BCUT2D eigenvalue weighted by Crippen LogP contribution is 2.42. The first-order chi connectivity index (χ1) is 7.55. The van der Waals surface area contributed by atoms with E-state index in [-0.39, 0.29) is 17.8 Å². The van der Waals surface area contributed by atoms with Crippen molar-refractivity contribution < 1.29 is 9.90 Å². The van der Waals surface area contributed by atoms with Crippen LogP contribution in [0.3, 0.4) is 0 Å². The molecule has 0 aromatic rings. The molecule has 2 rings (SSSR count). The quantitative estimate of drug-likeness (QED) is 0.733. The average Bonchev–Trinajstić information content (AvgIpc) is 2.38. The van der Waals surface area contributed by atoms with Gasteiger partial charge >= 0.3 is 0 Å². The molecule has 16 heavy (non-hydrogen) atoms. The van der Waals surface area contributed by atoms with Gasteiger partial charge in [0.2, 0.25) is 0 Å². The second kappa shape index (κ2) is 4.02. The number of ketones is 1. The maximum Gasteiger partial charge on any atom is 0.178 e. The summed E-state index contributed by atoms with van der Waals surface area (Å²) in [6.07, 6.45) is 9.47. The van der Waals surface area contributed by atoms with E-state index in [1.807, 2.05) is 12.2 Å². The number of aliphatic hydroxyl groups excluding tert-OH is 1. The van der Waals surface area contributed by atoms with Crippen molar-refractivity contribution in [2.75, 3.05) is 6.61 Å². The van der Waals surface area contributed by atoms with Crippen LogP contribution in [0.4, 0.5) is 0 Å². The smallest absolute Gasteiger partial charge is 0.178 e. The molecular weight excluding hydrogens is 200 g/mol. The van der Waals surface area contributed by atoms with Gasteiger partial charge in [0.05, 0.1) is 6.61 Å². The first kappa shape index (κ1) is 11.3. The fourth-order valence-corrected chi connectivity index (χ4v) is 2.41. The standard InChI is InChI=1S/C14H18O2/c1-10-3-5-14(2)6-4-13(16)8-12(14)7-11(10)9-15/h4,6-8,10,15H,3,5,9H2,1-2H3. The minimum absolute atomic E-state index is 0.0287. The number of aliphatic hydroxyl groups is 1. The Hall–Kier alpha value is -1.15. The molecule has 0 fully saturated rings. The predicted octanol–water partition coefficient (Wildman–Crippen LogP) is 2.41. The Balaban J connectivity index is 2.44. The number of rotatable bonds is 1. The van der Waals surface area contributed by atoms with Gasteiger partial charge in [0.15, 0.2) is 5.78 Å². The number of carbonyl (C=O) groups is 1. The normalized spacial score (nSPS) is 33.9. The lowest BCUT2D eigenvalue weighted by Gasteiger charge is -2.28. The van der Waals surface area contributed by atoms with Gasteiger partial charge in [-0.05, 0) is 42.1 Å². The Morgan fingerprint density at radius 1 is 1.50 bits per heavy atom. The van der Waals surface area contributed by atoms with Gasteiger partial charge in [-0.15, -0.1) is 0 Å². The summed E-state index contributed by atoms with van der Waals surface area (Å²) in [5.41, 5.74) is 2.06. The van der Waals surface area contributed by atoms with Gasteiger partial charge in [-0.2, -0.15) is 0 Å². The maximum absolute atomic E-state index is 11.4. The van der Waals surface area contributed by atoms with Gasteiger partial charge in [-0.3, -0.25) is 4.79 Å². The molecule has 0 heterocycles. The number of carbonyl (C=O) groups excluding carboxylic acids is 1. The molecule has 0 aromatic carbocycles. The highest BCUT2D eigenvalue weighted by molar-refractivity contribution is 6.01. The highest BCUT2D eigenvalue weighted by Gasteiger charge is 2.31. The minimum Gasteiger partial charge on any atom is -0.392 e. The summed E-state index contributed by atoms with van der Waals surface area (Å²) in [6.45, 7) is 4.38. The summed E-state index contributed by atoms with van der Waals surface area (Å²) in [6, 6.07) is 0. The van der Waals surface area contributed by atoms with Crippen LogP contribution in [0.25, 0.3) is 0 Å². The third-order valence-corrected chi connectivity index (χ3v) is 3.83. The molecular formula is C14H18O2. The Bertz CT molecular complexity index is 401. The van der Waals surface area contributed by atoms with E-state index in [0.29, 0.717) is 5.92 Å². The van der Waals surface area contributed by atoms with Crippen molar-refractivity contribution in [3.63, 3.8) is 0 Å². The molecule has 0 amide bonds. The molecule has 2 aliphatic carbocycles. The van der Waals surface area contributed by atoms with E-state index < -0.39 is 0 Å². The minimum atomic E-state index is -0.0287. The van der Waals surface area contributed by atoms with Gasteiger partial charge in [-0.1, -0.05) is 26.0 Å². The van der Waals surface area contributed by atoms with E-state index in [9.17, 15) is 9.90 Å². The second-order valence-corrected chi connectivity index (χ2v) is 5.07. The second-order valence-electron chi connectivity index (χ2n) is 5.07. The van der Waals surface area contributed by atoms with E-state index >= 15 is 0 Å². The van der Waals surface area contributed by atoms with Crippen LogP contribution in [-0.2, 0) is 4.79 Å². The molecule has 2 atom stereocenters. The Labute approximate surface area is 96.4 Å². The molecule has 0 radical (unpaired) electrons. The molecule has 0 aliphatic heterocycles. The lowest BCUT2D eigenvalue weighted by Crippen LogP contribution is -2.19. The number of hydrogen-bond donors (Lipinski definition) is 1. The first-order valence-electron chi connectivity index (χ1n) is 5.82. The molecule has 2 unspecified atom stereocenters. The van der Waals surface area contributed by atoms with E-state index in [1.54, 1.807) is 12.2 Å². The predicted molar refractivity (Wildman–Crippen MR) is 63.9 cm³/mol. The highest BCUT2D eigenvalue weighted by atomic mass is 16.3. The molecule has 1 N–H and O–H groups in total. The van der Waals surface area contributed by atoms with Gasteiger partial charge in [0.1, 0.15) is 0 Å². The topological polar surface area (TPSA) is 37.3 Å². The van der Waals surface area contributed by atoms with Crippen molar-refractivity contribution in [3.8, 4) is 0 Å². The average molecular weight is 218 g/mol. The Morgan fingerprint density at radius 3 is 2.94 bits per heavy atom. The summed E-state index contributed by atoms with van der Waals surface area (Å²) >= 11 is 0. The first-order valence-corrected chi connectivity index (χ1v) is 5.82. The van der Waals surface area contributed by atoms with Crippen molar-refractivity contribution in [1.82, 2.24) is 0 Å². The van der Waals surface area contributed by atoms with Crippen LogP contribution in [0.15, 0.2) is 35.5 Å². The summed E-state index contributed by atoms with van der Waals surface area (Å²) in [5, 5.41) is 9.33. The Morgan fingerprint density at radius 2 is 2.25 bits per heavy atom. The maximum atomic E-state index is 11.4. The van der Waals surface area contributed by atoms with E-state index in [2.05, 4.69) is 13.8 Å². The van der Waals surface area contributed by atoms with Crippen molar-refractivity contribution in [2.45, 2.75) is 26.7 Å². The van der Waals surface area contributed by atoms with Crippen molar-refractivity contribution in [2.24, 2.45) is 11.3 Å². The fourth-order valence-electron chi connectivity index (χ4n) is 2.41. The fraction of sp³-hybridized carbons (Fsp3) is 0.500. The van der Waals surface area contributed by atoms with Crippen molar-refractivity contribution in [1.29, 1.82) is 0 Å². The van der Waals surface area contributed by atoms with E-state index in [0.717, 1.165) is 24.0 Å². The molecule has 0 spiro atoms. The monoisotopic (exact) mass is 218 g/mol. The zero-order valence-electron chi connectivity index (χ0n) is 9.86. The van der Waals surface area contributed by atoms with E-state index in [1.165, 1.54) is 0 Å². The molecule has 2 heteroatoms. The number of hydrogen-bond acceptors (Lipinski definition) is 2. The molecule has 2 aliphatic rings. The lowest BCUT2D eigenvalue weighted by atomic mass is 9.75. The third-order valence-electron chi connectivity index (χ3n) is 3.83. The summed E-state index contributed by atoms with van der Waals surface area (Å²) < 4.78 is 0.